The summed E-state index contributed by atoms with van der Waals surface area (Å²) in [5, 5.41) is 0. The molecule has 3 aliphatic rings. The fourth-order valence-electron chi connectivity index (χ4n) is 2.53. The number of hydrogen-bond acceptors (Lipinski definition) is 4. The van der Waals surface area contributed by atoms with Gasteiger partial charge in [-0.15, -0.1) is 0 Å². The molecule has 2 saturated heterocycles. The molecular weight excluding hydrogens is 232 g/mol. The highest BCUT2D eigenvalue weighted by Crippen LogP contribution is 2.35. The number of carbonyl (C=O) groups excluding carboxylic acids is 1. The minimum Gasteiger partial charge on any atom is -0.469 e. The second kappa shape index (κ2) is 6.53. The maximum absolute atomic E-state index is 10.7. The van der Waals surface area contributed by atoms with Gasteiger partial charge in [-0.25, -0.2) is 0 Å². The van der Waals surface area contributed by atoms with E-state index in [0.717, 1.165) is 12.8 Å². The van der Waals surface area contributed by atoms with Crippen molar-refractivity contribution >= 4 is 5.97 Å². The van der Waals surface area contributed by atoms with E-state index in [1.807, 2.05) is 0 Å². The molecule has 104 valence electrons. The predicted octanol–water partition coefficient (Wildman–Crippen LogP) is 2.44. The van der Waals surface area contributed by atoms with E-state index >= 15 is 0 Å². The van der Waals surface area contributed by atoms with Crippen LogP contribution >= 0.6 is 0 Å². The first-order chi connectivity index (χ1) is 8.74. The molecule has 0 N–H and O–H groups in total. The van der Waals surface area contributed by atoms with Gasteiger partial charge in [0.05, 0.1) is 31.5 Å². The van der Waals surface area contributed by atoms with Gasteiger partial charge in [0, 0.05) is 6.42 Å². The second-order valence-corrected chi connectivity index (χ2v) is 5.23. The van der Waals surface area contributed by atoms with Gasteiger partial charge in [-0.1, -0.05) is 19.8 Å². The smallest absolute Gasteiger partial charge is 0.305 e. The van der Waals surface area contributed by atoms with Crippen molar-refractivity contribution < 1.29 is 19.0 Å². The zero-order valence-corrected chi connectivity index (χ0v) is 11.4. The molecule has 0 aromatic rings. The van der Waals surface area contributed by atoms with Gasteiger partial charge in [-0.3, -0.25) is 4.79 Å². The Morgan fingerprint density at radius 3 is 2.28 bits per heavy atom. The fourth-order valence-corrected chi connectivity index (χ4v) is 2.53. The average molecular weight is 256 g/mol. The van der Waals surface area contributed by atoms with E-state index in [-0.39, 0.29) is 5.97 Å². The van der Waals surface area contributed by atoms with Crippen LogP contribution in [0.1, 0.15) is 51.9 Å². The van der Waals surface area contributed by atoms with Crippen LogP contribution in [-0.4, -0.2) is 37.5 Å². The van der Waals surface area contributed by atoms with Crippen LogP contribution in [0.25, 0.3) is 0 Å². The van der Waals surface area contributed by atoms with Crippen LogP contribution in [0.2, 0.25) is 0 Å². The molecule has 0 aromatic carbocycles. The number of rotatable bonds is 4. The topological polar surface area (TPSA) is 51.4 Å². The summed E-state index contributed by atoms with van der Waals surface area (Å²) < 4.78 is 15.0. The molecule has 18 heavy (non-hydrogen) atoms. The summed E-state index contributed by atoms with van der Waals surface area (Å²) in [4.78, 5) is 10.7. The van der Waals surface area contributed by atoms with E-state index in [1.54, 1.807) is 0 Å². The molecular formula is C14H24O4. The molecule has 3 fully saturated rings. The van der Waals surface area contributed by atoms with Crippen molar-refractivity contribution in [3.63, 3.8) is 0 Å². The van der Waals surface area contributed by atoms with Crippen LogP contribution in [0.5, 0.6) is 0 Å². The van der Waals surface area contributed by atoms with Crippen molar-refractivity contribution in [1.82, 2.24) is 0 Å². The molecule has 0 radical (unpaired) electrons. The first-order valence-corrected chi connectivity index (χ1v) is 7.12. The average Bonchev–Trinajstić information content (AvgIpc) is 3.28. The van der Waals surface area contributed by atoms with Crippen LogP contribution in [0.15, 0.2) is 0 Å². The maximum Gasteiger partial charge on any atom is 0.305 e. The molecule has 4 unspecified atom stereocenters. The van der Waals surface area contributed by atoms with Gasteiger partial charge in [0.25, 0.3) is 0 Å². The van der Waals surface area contributed by atoms with Crippen molar-refractivity contribution in [3.05, 3.63) is 0 Å². The van der Waals surface area contributed by atoms with E-state index in [9.17, 15) is 4.79 Å². The Hall–Kier alpha value is -0.610. The molecule has 1 saturated carbocycles. The molecule has 0 amide bonds. The first-order valence-electron chi connectivity index (χ1n) is 7.12. The number of ether oxygens (including phenoxy) is 3. The molecule has 4 atom stereocenters. The van der Waals surface area contributed by atoms with E-state index in [1.165, 1.54) is 32.8 Å². The lowest BCUT2D eigenvalue weighted by atomic mass is 10.0. The van der Waals surface area contributed by atoms with Gasteiger partial charge in [0.2, 0.25) is 0 Å². The highest BCUT2D eigenvalue weighted by Gasteiger charge is 2.39. The quantitative estimate of drug-likeness (QED) is 0.572. The number of carbonyl (C=O) groups is 1. The number of methoxy groups -OCH3 is 1. The largest absolute Gasteiger partial charge is 0.469 e. The van der Waals surface area contributed by atoms with Gasteiger partial charge >= 0.3 is 5.97 Å². The van der Waals surface area contributed by atoms with Crippen LogP contribution in [0.4, 0.5) is 0 Å². The third kappa shape index (κ3) is 4.25. The third-order valence-electron chi connectivity index (χ3n) is 3.87. The standard InChI is InChI=1S/C8H14O3.C6H10O/c1-3-6-7(11-6)4-5-8(9)10-2;1-2-4-6-5(3-1)7-6/h6-7H,3-5H2,1-2H3;5-6H,1-4H2. The SMILES string of the molecule is C1CCC2OC2C1.CCC1OC1CCC(=O)OC. The molecule has 0 spiro atoms. The van der Waals surface area contributed by atoms with Crippen molar-refractivity contribution in [3.8, 4) is 0 Å². The molecule has 4 nitrogen and oxygen atoms in total. The Morgan fingerprint density at radius 2 is 1.83 bits per heavy atom. The molecule has 2 aliphatic heterocycles. The predicted molar refractivity (Wildman–Crippen MR) is 67.3 cm³/mol. The zero-order chi connectivity index (χ0) is 13.0. The Morgan fingerprint density at radius 1 is 1.17 bits per heavy atom. The highest BCUT2D eigenvalue weighted by molar-refractivity contribution is 5.69. The minimum absolute atomic E-state index is 0.143. The highest BCUT2D eigenvalue weighted by atomic mass is 16.6. The summed E-state index contributed by atoms with van der Waals surface area (Å²) in [7, 11) is 1.41. The number of epoxide rings is 2. The molecule has 1 aliphatic carbocycles. The molecule has 2 heterocycles. The van der Waals surface area contributed by atoms with Gasteiger partial charge in [-0.2, -0.15) is 0 Å². The summed E-state index contributed by atoms with van der Waals surface area (Å²) in [6.07, 6.45) is 9.95. The van der Waals surface area contributed by atoms with Crippen LogP contribution in [0.3, 0.4) is 0 Å². The summed E-state index contributed by atoms with van der Waals surface area (Å²) in [6.45, 7) is 2.09. The van der Waals surface area contributed by atoms with Gasteiger partial charge in [0.1, 0.15) is 0 Å². The molecule has 0 aromatic heterocycles. The van der Waals surface area contributed by atoms with Crippen molar-refractivity contribution in [2.24, 2.45) is 0 Å². The minimum atomic E-state index is -0.143. The molecule has 0 bridgehead atoms. The summed E-state index contributed by atoms with van der Waals surface area (Å²) in [6, 6.07) is 0. The molecule has 3 rings (SSSR count). The lowest BCUT2D eigenvalue weighted by Crippen LogP contribution is -2.02. The van der Waals surface area contributed by atoms with Crippen LogP contribution < -0.4 is 0 Å². The van der Waals surface area contributed by atoms with Crippen LogP contribution in [0, 0.1) is 0 Å². The van der Waals surface area contributed by atoms with E-state index < -0.39 is 0 Å². The number of hydrogen-bond donors (Lipinski definition) is 0. The second-order valence-electron chi connectivity index (χ2n) is 5.23. The normalized spacial score (nSPS) is 35.9. The lowest BCUT2D eigenvalue weighted by molar-refractivity contribution is -0.140. The van der Waals surface area contributed by atoms with E-state index in [2.05, 4.69) is 11.7 Å². The fraction of sp³-hybridized carbons (Fsp3) is 0.929. The van der Waals surface area contributed by atoms with Crippen molar-refractivity contribution in [1.29, 1.82) is 0 Å². The summed E-state index contributed by atoms with van der Waals surface area (Å²) in [5.41, 5.74) is 0. The van der Waals surface area contributed by atoms with Gasteiger partial charge in [-0.05, 0) is 25.7 Å². The van der Waals surface area contributed by atoms with E-state index in [4.69, 9.17) is 9.47 Å². The van der Waals surface area contributed by atoms with E-state index in [0.29, 0.717) is 30.8 Å². The van der Waals surface area contributed by atoms with Crippen LogP contribution in [-0.2, 0) is 19.0 Å². The van der Waals surface area contributed by atoms with Crippen molar-refractivity contribution in [2.75, 3.05) is 7.11 Å². The Bertz CT molecular complexity index is 269. The third-order valence-corrected chi connectivity index (χ3v) is 3.87. The Kier molecular flexibility index (Phi) is 5.01. The summed E-state index contributed by atoms with van der Waals surface area (Å²) in [5.74, 6) is -0.143. The molecule has 4 heteroatoms. The monoisotopic (exact) mass is 256 g/mol. The van der Waals surface area contributed by atoms with Gasteiger partial charge in [0.15, 0.2) is 0 Å². The Balaban J connectivity index is 0.000000146. The maximum atomic E-state index is 10.7. The van der Waals surface area contributed by atoms with Gasteiger partial charge < -0.3 is 14.2 Å². The Labute approximate surface area is 109 Å². The number of fused-ring (bicyclic) bond motifs is 1. The lowest BCUT2D eigenvalue weighted by Gasteiger charge is -2.00. The van der Waals surface area contributed by atoms with Crippen molar-refractivity contribution in [2.45, 2.75) is 76.3 Å². The summed E-state index contributed by atoms with van der Waals surface area (Å²) >= 11 is 0. The number of esters is 1. The zero-order valence-electron chi connectivity index (χ0n) is 11.4. The first kappa shape index (κ1) is 13.8.